The summed E-state index contributed by atoms with van der Waals surface area (Å²) in [5.41, 5.74) is 14.5. The minimum absolute atomic E-state index is 0.120. The number of amides is 1. The number of likely N-dealkylation sites (tertiary alicyclic amines) is 1. The van der Waals surface area contributed by atoms with Crippen molar-refractivity contribution in [3.05, 3.63) is 51.4 Å². The van der Waals surface area contributed by atoms with E-state index in [2.05, 4.69) is 35.2 Å². The molecule has 222 valence electrons. The standard InChI is InChI=1S/C30H33N9O3S/c1-16(20-7-5-12-38(20)2)41-23-14-22(39-13-9-19(36-39)27(32)40)34-29(35-23)25-17-6-3-10-30(26(17)42-37-25)11-4-8-21-24(30)18(15-31)28(33)43-21/h9,13-14,16,20H,3-8,10-12,33H2,1-2H3,(H2,32,40)/t16-,20-,30-/m0/s1. The van der Waals surface area contributed by atoms with Crippen LogP contribution in [0.3, 0.4) is 0 Å². The highest BCUT2D eigenvalue weighted by atomic mass is 32.1. The van der Waals surface area contributed by atoms with E-state index < -0.39 is 11.3 Å². The van der Waals surface area contributed by atoms with Crippen LogP contribution in [-0.4, -0.2) is 61.5 Å². The summed E-state index contributed by atoms with van der Waals surface area (Å²) in [6.07, 6.45) is 8.92. The van der Waals surface area contributed by atoms with Crippen molar-refractivity contribution < 1.29 is 14.1 Å². The van der Waals surface area contributed by atoms with Gasteiger partial charge in [-0.3, -0.25) is 9.69 Å². The fraction of sp³-hybridized carbons (Fsp3) is 0.467. The molecule has 12 nitrogen and oxygen atoms in total. The number of fused-ring (bicyclic) bond motifs is 4. The molecular formula is C30H33N9O3S. The second kappa shape index (κ2) is 10.5. The van der Waals surface area contributed by atoms with Crippen LogP contribution in [-0.2, 0) is 18.3 Å². The second-order valence-electron chi connectivity index (χ2n) is 11.8. The van der Waals surface area contributed by atoms with Crippen molar-refractivity contribution in [1.82, 2.24) is 29.8 Å². The van der Waals surface area contributed by atoms with Crippen molar-refractivity contribution in [3.8, 4) is 29.3 Å². The number of nitrogens with two attached hydrogens (primary N) is 2. The summed E-state index contributed by atoms with van der Waals surface area (Å²) in [7, 11) is 2.11. The lowest BCUT2D eigenvalue weighted by Crippen LogP contribution is -2.38. The minimum atomic E-state index is -0.629. The van der Waals surface area contributed by atoms with Gasteiger partial charge in [-0.2, -0.15) is 15.3 Å². The molecule has 1 fully saturated rings. The van der Waals surface area contributed by atoms with Gasteiger partial charge < -0.3 is 20.7 Å². The Labute approximate surface area is 252 Å². The first kappa shape index (κ1) is 27.5. The van der Waals surface area contributed by atoms with Gasteiger partial charge >= 0.3 is 0 Å². The van der Waals surface area contributed by atoms with Crippen molar-refractivity contribution in [2.75, 3.05) is 19.3 Å². The number of aromatic nitrogens is 5. The summed E-state index contributed by atoms with van der Waals surface area (Å²) in [6.45, 7) is 3.08. The van der Waals surface area contributed by atoms with Crippen LogP contribution >= 0.6 is 11.3 Å². The van der Waals surface area contributed by atoms with Gasteiger partial charge in [0.1, 0.15) is 22.9 Å². The van der Waals surface area contributed by atoms with E-state index in [9.17, 15) is 10.1 Å². The van der Waals surface area contributed by atoms with Crippen LogP contribution in [0.5, 0.6) is 5.88 Å². The van der Waals surface area contributed by atoms with E-state index in [0.717, 1.165) is 79.7 Å². The van der Waals surface area contributed by atoms with Gasteiger partial charge in [-0.15, -0.1) is 11.3 Å². The summed E-state index contributed by atoms with van der Waals surface area (Å²) < 4.78 is 14.1. The Morgan fingerprint density at radius 3 is 2.81 bits per heavy atom. The second-order valence-corrected chi connectivity index (χ2v) is 12.9. The monoisotopic (exact) mass is 599 g/mol. The molecule has 4 aromatic heterocycles. The zero-order valence-corrected chi connectivity index (χ0v) is 25.0. The third kappa shape index (κ3) is 4.47. The largest absolute Gasteiger partial charge is 0.473 e. The van der Waals surface area contributed by atoms with Crippen molar-refractivity contribution in [3.63, 3.8) is 0 Å². The van der Waals surface area contributed by atoms with Gasteiger partial charge in [0.15, 0.2) is 23.1 Å². The number of carbonyl (C=O) groups excluding carboxylic acids is 1. The van der Waals surface area contributed by atoms with Crippen LogP contribution < -0.4 is 16.2 Å². The van der Waals surface area contributed by atoms with Crippen molar-refractivity contribution >= 4 is 22.2 Å². The fourth-order valence-corrected chi connectivity index (χ4v) is 8.46. The maximum atomic E-state index is 11.8. The van der Waals surface area contributed by atoms with Crippen molar-refractivity contribution in [2.45, 2.75) is 75.9 Å². The topological polar surface area (TPSA) is 175 Å². The molecule has 0 radical (unpaired) electrons. The van der Waals surface area contributed by atoms with E-state index in [1.807, 2.05) is 0 Å². The predicted molar refractivity (Wildman–Crippen MR) is 159 cm³/mol. The SMILES string of the molecule is C[C@H](Oc1cc(-n2ccc(C(N)=O)n2)nc(-c2noc3c2CCC[C@@]32CCCc3sc(N)c(C#N)c32)n1)[C@@H]1CCCN1C. The summed E-state index contributed by atoms with van der Waals surface area (Å²) in [4.78, 5) is 24.9. The number of hydrogen-bond acceptors (Lipinski definition) is 11. The smallest absolute Gasteiger partial charge is 0.269 e. The number of rotatable bonds is 6. The van der Waals surface area contributed by atoms with Gasteiger partial charge in [0, 0.05) is 28.7 Å². The molecule has 0 aromatic carbocycles. The first-order valence-corrected chi connectivity index (χ1v) is 15.5. The maximum absolute atomic E-state index is 11.8. The Balaban J connectivity index is 1.34. The van der Waals surface area contributed by atoms with Crippen molar-refractivity contribution in [1.29, 1.82) is 5.26 Å². The average molecular weight is 600 g/mol. The van der Waals surface area contributed by atoms with E-state index >= 15 is 0 Å². The van der Waals surface area contributed by atoms with E-state index in [0.29, 0.717) is 33.8 Å². The normalized spacial score (nSPS) is 22.2. The third-order valence-corrected chi connectivity index (χ3v) is 10.3. The minimum Gasteiger partial charge on any atom is -0.473 e. The summed E-state index contributed by atoms with van der Waals surface area (Å²) in [5.74, 6) is 1.29. The molecule has 1 amide bonds. The number of aryl methyl sites for hydroxylation is 1. The van der Waals surface area contributed by atoms with Gasteiger partial charge in [-0.25, -0.2) is 9.67 Å². The lowest BCUT2D eigenvalue weighted by molar-refractivity contribution is 0.0995. The van der Waals surface area contributed by atoms with Crippen LogP contribution in [0.1, 0.15) is 83.3 Å². The molecule has 3 atom stereocenters. The van der Waals surface area contributed by atoms with E-state index in [1.54, 1.807) is 18.3 Å². The van der Waals surface area contributed by atoms with Crippen LogP contribution in [0.15, 0.2) is 22.9 Å². The van der Waals surface area contributed by atoms with E-state index in [4.69, 9.17) is 30.7 Å². The molecule has 0 unspecified atom stereocenters. The number of carbonyl (C=O) groups is 1. The van der Waals surface area contributed by atoms with Gasteiger partial charge in [-0.05, 0) is 83.5 Å². The molecule has 4 aromatic rings. The Bertz CT molecular complexity index is 1760. The van der Waals surface area contributed by atoms with Gasteiger partial charge in [0.2, 0.25) is 5.88 Å². The molecule has 5 heterocycles. The molecule has 1 spiro atoms. The Morgan fingerprint density at radius 2 is 2.09 bits per heavy atom. The molecule has 0 bridgehead atoms. The van der Waals surface area contributed by atoms with Crippen molar-refractivity contribution in [2.24, 2.45) is 5.73 Å². The number of primary amides is 1. The first-order chi connectivity index (χ1) is 20.8. The molecule has 1 aliphatic heterocycles. The number of nitrogen functional groups attached to an aromatic ring is 1. The zero-order chi connectivity index (χ0) is 29.9. The molecule has 2 aliphatic carbocycles. The highest BCUT2D eigenvalue weighted by Crippen LogP contribution is 2.55. The molecule has 13 heteroatoms. The van der Waals surface area contributed by atoms with Crippen LogP contribution in [0.2, 0.25) is 0 Å². The lowest BCUT2D eigenvalue weighted by atomic mass is 9.63. The lowest BCUT2D eigenvalue weighted by Gasteiger charge is -2.39. The van der Waals surface area contributed by atoms with Crippen LogP contribution in [0.4, 0.5) is 5.00 Å². The van der Waals surface area contributed by atoms with E-state index in [1.165, 1.54) is 16.0 Å². The summed E-state index contributed by atoms with van der Waals surface area (Å²) in [5, 5.41) is 19.5. The molecule has 4 N–H and O–H groups in total. The highest BCUT2D eigenvalue weighted by Gasteiger charge is 2.48. The maximum Gasteiger partial charge on any atom is 0.269 e. The predicted octanol–water partition coefficient (Wildman–Crippen LogP) is 3.75. The third-order valence-electron chi connectivity index (χ3n) is 9.26. The van der Waals surface area contributed by atoms with Gasteiger partial charge in [0.25, 0.3) is 5.91 Å². The molecule has 7 rings (SSSR count). The first-order valence-electron chi connectivity index (χ1n) is 14.7. The number of thiophene rings is 1. The number of nitrogens with zero attached hydrogens (tertiary/aromatic N) is 7. The van der Waals surface area contributed by atoms with E-state index in [-0.39, 0.29) is 17.8 Å². The number of likely N-dealkylation sites (N-methyl/N-ethyl adjacent to an activating group) is 1. The molecular weight excluding hydrogens is 566 g/mol. The molecule has 3 aliphatic rings. The zero-order valence-electron chi connectivity index (χ0n) is 24.2. The number of nitriles is 1. The molecule has 43 heavy (non-hydrogen) atoms. The van der Waals surface area contributed by atoms with Gasteiger partial charge in [0.05, 0.1) is 11.0 Å². The van der Waals surface area contributed by atoms with Gasteiger partial charge in [-0.1, -0.05) is 5.16 Å². The summed E-state index contributed by atoms with van der Waals surface area (Å²) in [6, 6.07) is 5.89. The Kier molecular flexibility index (Phi) is 6.70. The number of hydrogen-bond donors (Lipinski definition) is 2. The molecule has 0 saturated carbocycles. The number of anilines is 1. The van der Waals surface area contributed by atoms with Crippen LogP contribution in [0, 0.1) is 11.3 Å². The fourth-order valence-electron chi connectivity index (χ4n) is 7.29. The Hall–Kier alpha value is -4.28. The Morgan fingerprint density at radius 1 is 1.28 bits per heavy atom. The average Bonchev–Trinajstić information content (AvgIpc) is 3.78. The highest BCUT2D eigenvalue weighted by molar-refractivity contribution is 7.16. The van der Waals surface area contributed by atoms with Crippen LogP contribution in [0.25, 0.3) is 17.3 Å². The molecule has 1 saturated heterocycles. The quantitative estimate of drug-likeness (QED) is 0.332. The number of ether oxygens (including phenoxy) is 1. The summed E-state index contributed by atoms with van der Waals surface area (Å²) >= 11 is 1.51.